The van der Waals surface area contributed by atoms with Crippen molar-refractivity contribution in [3.8, 4) is 0 Å². The molecule has 1 atom stereocenters. The van der Waals surface area contributed by atoms with Crippen molar-refractivity contribution < 1.29 is 9.84 Å². The third-order valence-electron chi connectivity index (χ3n) is 0.964. The predicted octanol–water partition coefficient (Wildman–Crippen LogP) is 1.68. The molecule has 1 N–H and O–H groups in total. The molecule has 10 heavy (non-hydrogen) atoms. The smallest absolute Gasteiger partial charge is 0.114 e. The molecule has 0 spiro atoms. The van der Waals surface area contributed by atoms with Crippen LogP contribution in [0.2, 0.25) is 0 Å². The zero-order valence-corrected chi connectivity index (χ0v) is 7.73. The Morgan fingerprint density at radius 1 is 1.80 bits per heavy atom. The summed E-state index contributed by atoms with van der Waals surface area (Å²) in [5.41, 5.74) is 0. The molecule has 0 rings (SSSR count). The molecule has 0 saturated carbocycles. The lowest BCUT2D eigenvalue weighted by atomic mass is 10.3. The van der Waals surface area contributed by atoms with Gasteiger partial charge in [0.1, 0.15) is 6.61 Å². The van der Waals surface area contributed by atoms with E-state index < -0.39 is 0 Å². The minimum Gasteiger partial charge on any atom is -0.496 e. The van der Waals surface area contributed by atoms with Crippen LogP contribution >= 0.6 is 15.9 Å². The van der Waals surface area contributed by atoms with Gasteiger partial charge in [0.2, 0.25) is 0 Å². The van der Waals surface area contributed by atoms with E-state index in [9.17, 15) is 0 Å². The number of ether oxygens (including phenoxy) is 1. The fourth-order valence-electron chi connectivity index (χ4n) is 0.448. The summed E-state index contributed by atoms with van der Waals surface area (Å²) in [6.45, 7) is 5.66. The molecule has 0 bridgehead atoms. The van der Waals surface area contributed by atoms with E-state index in [0.717, 1.165) is 5.33 Å². The van der Waals surface area contributed by atoms with Crippen LogP contribution in [-0.4, -0.2) is 23.1 Å². The number of rotatable bonds is 5. The third-order valence-corrected chi connectivity index (χ3v) is 1.42. The molecule has 0 fully saturated rings. The second-order valence-electron chi connectivity index (χ2n) is 2.14. The van der Waals surface area contributed by atoms with Crippen molar-refractivity contribution in [2.45, 2.75) is 19.4 Å². The first-order chi connectivity index (χ1) is 4.66. The lowest BCUT2D eigenvalue weighted by Crippen LogP contribution is -2.14. The van der Waals surface area contributed by atoms with E-state index in [4.69, 9.17) is 9.84 Å². The number of aliphatic hydroxyl groups excluding tert-OH is 1. The van der Waals surface area contributed by atoms with Gasteiger partial charge in [-0.1, -0.05) is 22.5 Å². The second-order valence-corrected chi connectivity index (χ2v) is 2.94. The SMILES string of the molecule is C=C(C)OCC(O)CCBr. The van der Waals surface area contributed by atoms with Crippen molar-refractivity contribution >= 4 is 15.9 Å². The fraction of sp³-hybridized carbons (Fsp3) is 0.714. The van der Waals surface area contributed by atoms with E-state index in [1.165, 1.54) is 0 Å². The standard InChI is InChI=1S/C7H13BrO2/c1-6(2)10-5-7(9)3-4-8/h7,9H,1,3-5H2,2H3. The van der Waals surface area contributed by atoms with Gasteiger partial charge in [0.05, 0.1) is 11.9 Å². The molecule has 0 aliphatic rings. The second kappa shape index (κ2) is 5.74. The van der Waals surface area contributed by atoms with Crippen LogP contribution in [0.15, 0.2) is 12.3 Å². The molecule has 0 aromatic rings. The molecular weight excluding hydrogens is 196 g/mol. The number of halogens is 1. The molecule has 0 heterocycles. The maximum absolute atomic E-state index is 9.10. The Morgan fingerprint density at radius 3 is 2.80 bits per heavy atom. The van der Waals surface area contributed by atoms with Crippen molar-refractivity contribution in [1.29, 1.82) is 0 Å². The molecule has 2 nitrogen and oxygen atoms in total. The predicted molar refractivity (Wildman–Crippen MR) is 45.2 cm³/mol. The van der Waals surface area contributed by atoms with Crippen LogP contribution in [0.25, 0.3) is 0 Å². The molecule has 1 unspecified atom stereocenters. The Labute approximate surface area is 70.0 Å². The summed E-state index contributed by atoms with van der Waals surface area (Å²) in [4.78, 5) is 0. The summed E-state index contributed by atoms with van der Waals surface area (Å²) in [6.07, 6.45) is 0.337. The highest BCUT2D eigenvalue weighted by atomic mass is 79.9. The van der Waals surface area contributed by atoms with Crippen molar-refractivity contribution in [2.24, 2.45) is 0 Å². The molecule has 0 aliphatic heterocycles. The third kappa shape index (κ3) is 6.11. The van der Waals surface area contributed by atoms with E-state index in [1.807, 2.05) is 0 Å². The van der Waals surface area contributed by atoms with Gasteiger partial charge in [-0.3, -0.25) is 0 Å². The molecular formula is C7H13BrO2. The number of allylic oxidation sites excluding steroid dienone is 1. The monoisotopic (exact) mass is 208 g/mol. The number of aliphatic hydroxyl groups is 1. The van der Waals surface area contributed by atoms with Crippen molar-refractivity contribution in [2.75, 3.05) is 11.9 Å². The summed E-state index contributed by atoms with van der Waals surface area (Å²) in [7, 11) is 0. The van der Waals surface area contributed by atoms with E-state index in [-0.39, 0.29) is 6.10 Å². The van der Waals surface area contributed by atoms with E-state index >= 15 is 0 Å². The average Bonchev–Trinajstić information content (AvgIpc) is 1.85. The maximum atomic E-state index is 9.10. The molecule has 3 heteroatoms. The number of hydrogen-bond donors (Lipinski definition) is 1. The van der Waals surface area contributed by atoms with Gasteiger partial charge < -0.3 is 9.84 Å². The minimum atomic E-state index is -0.379. The van der Waals surface area contributed by atoms with Crippen molar-refractivity contribution in [3.05, 3.63) is 12.3 Å². The summed E-state index contributed by atoms with van der Waals surface area (Å²) < 4.78 is 4.99. The summed E-state index contributed by atoms with van der Waals surface area (Å²) in [5.74, 6) is 0.647. The molecule has 0 aliphatic carbocycles. The van der Waals surface area contributed by atoms with Crippen LogP contribution in [0.4, 0.5) is 0 Å². The van der Waals surface area contributed by atoms with Gasteiger partial charge >= 0.3 is 0 Å². The van der Waals surface area contributed by atoms with Crippen LogP contribution in [0.5, 0.6) is 0 Å². The van der Waals surface area contributed by atoms with Crippen LogP contribution in [0.1, 0.15) is 13.3 Å². The van der Waals surface area contributed by atoms with Gasteiger partial charge in [-0.05, 0) is 13.3 Å². The Morgan fingerprint density at radius 2 is 2.40 bits per heavy atom. The number of alkyl halides is 1. The molecule has 0 radical (unpaired) electrons. The van der Waals surface area contributed by atoms with Crippen LogP contribution < -0.4 is 0 Å². The first-order valence-corrected chi connectivity index (χ1v) is 4.31. The lowest BCUT2D eigenvalue weighted by molar-refractivity contribution is 0.0712. The summed E-state index contributed by atoms with van der Waals surface area (Å²) in [6, 6.07) is 0. The van der Waals surface area contributed by atoms with E-state index in [1.54, 1.807) is 6.92 Å². The quantitative estimate of drug-likeness (QED) is 0.551. The average molecular weight is 209 g/mol. The minimum absolute atomic E-state index is 0.348. The largest absolute Gasteiger partial charge is 0.496 e. The van der Waals surface area contributed by atoms with Gasteiger partial charge in [0.15, 0.2) is 0 Å². The highest BCUT2D eigenvalue weighted by Crippen LogP contribution is 1.99. The Balaban J connectivity index is 3.21. The van der Waals surface area contributed by atoms with E-state index in [0.29, 0.717) is 18.8 Å². The van der Waals surface area contributed by atoms with Gasteiger partial charge in [-0.15, -0.1) is 0 Å². The Bertz CT molecular complexity index is 104. The lowest BCUT2D eigenvalue weighted by Gasteiger charge is -2.09. The van der Waals surface area contributed by atoms with Crippen LogP contribution in [-0.2, 0) is 4.74 Å². The molecule has 60 valence electrons. The topological polar surface area (TPSA) is 29.5 Å². The molecule has 0 aromatic carbocycles. The molecule has 0 amide bonds. The van der Waals surface area contributed by atoms with Gasteiger partial charge in [-0.2, -0.15) is 0 Å². The Hall–Kier alpha value is -0.0200. The van der Waals surface area contributed by atoms with Crippen molar-refractivity contribution in [1.82, 2.24) is 0 Å². The maximum Gasteiger partial charge on any atom is 0.114 e. The number of hydrogen-bond acceptors (Lipinski definition) is 2. The Kier molecular flexibility index (Phi) is 5.73. The van der Waals surface area contributed by atoms with Crippen LogP contribution in [0.3, 0.4) is 0 Å². The van der Waals surface area contributed by atoms with Crippen molar-refractivity contribution in [3.63, 3.8) is 0 Å². The van der Waals surface area contributed by atoms with Crippen LogP contribution in [0, 0.1) is 0 Å². The van der Waals surface area contributed by atoms with E-state index in [2.05, 4.69) is 22.5 Å². The highest BCUT2D eigenvalue weighted by molar-refractivity contribution is 9.09. The molecule has 0 aromatic heterocycles. The highest BCUT2D eigenvalue weighted by Gasteiger charge is 2.01. The zero-order valence-electron chi connectivity index (χ0n) is 6.14. The normalized spacial score (nSPS) is 12.7. The zero-order chi connectivity index (χ0) is 7.98. The summed E-state index contributed by atoms with van der Waals surface area (Å²) >= 11 is 3.22. The van der Waals surface area contributed by atoms with Gasteiger partial charge in [0.25, 0.3) is 0 Å². The van der Waals surface area contributed by atoms with Gasteiger partial charge in [-0.25, -0.2) is 0 Å². The van der Waals surface area contributed by atoms with Gasteiger partial charge in [0, 0.05) is 5.33 Å². The molecule has 0 saturated heterocycles. The first-order valence-electron chi connectivity index (χ1n) is 3.19. The fourth-order valence-corrected chi connectivity index (χ4v) is 0.976. The summed E-state index contributed by atoms with van der Waals surface area (Å²) in [5, 5.41) is 9.90. The first kappa shape index (κ1) is 9.98.